The number of rotatable bonds is 11. The average Bonchev–Trinajstić information content (AvgIpc) is 2.49. The Morgan fingerprint density at radius 2 is 1.44 bits per heavy atom. The molecular weight excluding hydrogens is 332 g/mol. The van der Waals surface area contributed by atoms with E-state index in [1.807, 2.05) is 19.9 Å². The zero-order chi connectivity index (χ0) is 19.1. The molecule has 2 N–H and O–H groups in total. The second kappa shape index (κ2) is 9.70. The molecule has 0 fully saturated rings. The van der Waals surface area contributed by atoms with E-state index in [9.17, 15) is 8.42 Å². The molecule has 1 aromatic rings. The van der Waals surface area contributed by atoms with Crippen molar-refractivity contribution >= 4 is 10.0 Å². The van der Waals surface area contributed by atoms with Crippen molar-refractivity contribution in [3.05, 3.63) is 30.3 Å². The van der Waals surface area contributed by atoms with E-state index in [2.05, 4.69) is 32.4 Å². The highest BCUT2D eigenvalue weighted by molar-refractivity contribution is 7.89. The third-order valence-electron chi connectivity index (χ3n) is 4.31. The summed E-state index contributed by atoms with van der Waals surface area (Å²) in [6, 6.07) is 8.61. The Balaban J connectivity index is 2.78. The van der Waals surface area contributed by atoms with E-state index >= 15 is 0 Å². The molecule has 25 heavy (non-hydrogen) atoms. The lowest BCUT2D eigenvalue weighted by molar-refractivity contribution is -0.904. The molecule has 1 rings (SSSR count). The van der Waals surface area contributed by atoms with E-state index in [1.165, 1.54) is 4.90 Å². The summed E-state index contributed by atoms with van der Waals surface area (Å²) < 4.78 is 28.2. The third kappa shape index (κ3) is 8.84. The monoisotopic (exact) mass is 369 g/mol. The Hall–Kier alpha value is -0.910. The van der Waals surface area contributed by atoms with Gasteiger partial charge in [-0.05, 0) is 50.7 Å². The molecule has 0 saturated heterocycles. The molecule has 0 unspecified atom stereocenters. The van der Waals surface area contributed by atoms with Gasteiger partial charge in [0, 0.05) is 0 Å². The molecule has 0 aromatic heterocycles. The van der Waals surface area contributed by atoms with Crippen LogP contribution in [-0.2, 0) is 10.0 Å². The van der Waals surface area contributed by atoms with Crippen molar-refractivity contribution in [3.63, 3.8) is 0 Å². The van der Waals surface area contributed by atoms with Crippen LogP contribution < -0.4 is 9.62 Å². The van der Waals surface area contributed by atoms with Crippen molar-refractivity contribution < 1.29 is 13.3 Å². The topological polar surface area (TPSA) is 50.6 Å². The molecule has 0 amide bonds. The molecule has 1 aromatic carbocycles. The number of hydrogen-bond acceptors (Lipinski definition) is 2. The Morgan fingerprint density at radius 3 is 1.88 bits per heavy atom. The van der Waals surface area contributed by atoms with Crippen LogP contribution in [0, 0.1) is 11.8 Å². The van der Waals surface area contributed by atoms with Crippen LogP contribution >= 0.6 is 0 Å². The Bertz CT molecular complexity index is 583. The first-order valence-corrected chi connectivity index (χ1v) is 10.9. The van der Waals surface area contributed by atoms with Gasteiger partial charge in [-0.3, -0.25) is 0 Å². The number of nitrogens with one attached hydrogen (secondary N) is 2. The van der Waals surface area contributed by atoms with E-state index < -0.39 is 15.6 Å². The third-order valence-corrected chi connectivity index (χ3v) is 6.02. The molecule has 144 valence electrons. The van der Waals surface area contributed by atoms with E-state index in [1.54, 1.807) is 24.3 Å². The molecule has 0 aliphatic carbocycles. The van der Waals surface area contributed by atoms with Crippen LogP contribution in [0.3, 0.4) is 0 Å². The standard InChI is InChI=1S/C20H36N2O2S/c1-17(2)12-14-22(15-13-18(3)4)16-20(5,6)21-25(23,24)19-10-8-7-9-11-19/h7-11,17-18,21H,12-16H2,1-6H3/p+1. The smallest absolute Gasteiger partial charge is 0.241 e. The minimum Gasteiger partial charge on any atom is -0.333 e. The maximum Gasteiger partial charge on any atom is 0.241 e. The first kappa shape index (κ1) is 22.1. The zero-order valence-corrected chi connectivity index (χ0v) is 17.6. The summed E-state index contributed by atoms with van der Waals surface area (Å²) in [6.07, 6.45) is 2.32. The van der Waals surface area contributed by atoms with Crippen LogP contribution in [-0.4, -0.2) is 33.6 Å². The van der Waals surface area contributed by atoms with Crippen LogP contribution in [0.25, 0.3) is 0 Å². The van der Waals surface area contributed by atoms with Crippen molar-refractivity contribution in [3.8, 4) is 0 Å². The van der Waals surface area contributed by atoms with Gasteiger partial charge in [-0.2, -0.15) is 4.72 Å². The molecule has 4 nitrogen and oxygen atoms in total. The Kier molecular flexibility index (Phi) is 8.58. The lowest BCUT2D eigenvalue weighted by Gasteiger charge is -2.31. The van der Waals surface area contributed by atoms with Gasteiger partial charge in [-0.15, -0.1) is 0 Å². The predicted octanol–water partition coefficient (Wildman–Crippen LogP) is 2.72. The zero-order valence-electron chi connectivity index (χ0n) is 16.8. The van der Waals surface area contributed by atoms with E-state index in [0.29, 0.717) is 16.7 Å². The quantitative estimate of drug-likeness (QED) is 0.630. The normalized spacial score (nSPS) is 13.2. The van der Waals surface area contributed by atoms with Crippen molar-refractivity contribution in [1.82, 2.24) is 4.72 Å². The summed E-state index contributed by atoms with van der Waals surface area (Å²) in [5.41, 5.74) is -0.488. The van der Waals surface area contributed by atoms with Gasteiger partial charge in [0.1, 0.15) is 0 Å². The second-order valence-corrected chi connectivity index (χ2v) is 10.3. The van der Waals surface area contributed by atoms with Crippen LogP contribution in [0.1, 0.15) is 54.4 Å². The summed E-state index contributed by atoms with van der Waals surface area (Å²) in [4.78, 5) is 1.80. The highest BCUT2D eigenvalue weighted by Gasteiger charge is 2.30. The molecule has 0 aliphatic rings. The van der Waals surface area contributed by atoms with Gasteiger partial charge in [0.05, 0.1) is 30.1 Å². The molecule has 0 bridgehead atoms. The van der Waals surface area contributed by atoms with Gasteiger partial charge in [0.2, 0.25) is 10.0 Å². The van der Waals surface area contributed by atoms with Crippen molar-refractivity contribution in [1.29, 1.82) is 0 Å². The SMILES string of the molecule is CC(C)CC[NH+](CCC(C)C)CC(C)(C)NS(=O)(=O)c1ccccc1. The maximum atomic E-state index is 12.6. The fourth-order valence-electron chi connectivity index (χ4n) is 2.97. The maximum absolute atomic E-state index is 12.6. The van der Waals surface area contributed by atoms with Gasteiger partial charge in [-0.1, -0.05) is 45.9 Å². The number of sulfonamides is 1. The minimum atomic E-state index is -3.49. The van der Waals surface area contributed by atoms with Crippen LogP contribution in [0.15, 0.2) is 35.2 Å². The van der Waals surface area contributed by atoms with Crippen LogP contribution in [0.2, 0.25) is 0 Å². The molecule has 0 spiro atoms. The van der Waals surface area contributed by atoms with Gasteiger partial charge in [0.25, 0.3) is 0 Å². The van der Waals surface area contributed by atoms with Gasteiger partial charge >= 0.3 is 0 Å². The van der Waals surface area contributed by atoms with Crippen molar-refractivity contribution in [2.75, 3.05) is 19.6 Å². The second-order valence-electron chi connectivity index (χ2n) is 8.59. The lowest BCUT2D eigenvalue weighted by atomic mass is 10.0. The Morgan fingerprint density at radius 1 is 0.960 bits per heavy atom. The molecule has 0 aliphatic heterocycles. The molecule has 0 heterocycles. The van der Waals surface area contributed by atoms with E-state index in [-0.39, 0.29) is 0 Å². The largest absolute Gasteiger partial charge is 0.333 e. The van der Waals surface area contributed by atoms with Gasteiger partial charge < -0.3 is 4.90 Å². The fraction of sp³-hybridized carbons (Fsp3) is 0.700. The average molecular weight is 370 g/mol. The van der Waals surface area contributed by atoms with E-state index in [4.69, 9.17) is 0 Å². The van der Waals surface area contributed by atoms with Gasteiger partial charge in [-0.25, -0.2) is 8.42 Å². The number of hydrogen-bond donors (Lipinski definition) is 2. The summed E-state index contributed by atoms with van der Waals surface area (Å²) in [7, 11) is -3.49. The van der Waals surface area contributed by atoms with E-state index in [0.717, 1.165) is 32.5 Å². The van der Waals surface area contributed by atoms with Crippen LogP contribution in [0.5, 0.6) is 0 Å². The van der Waals surface area contributed by atoms with Crippen molar-refractivity contribution in [2.24, 2.45) is 11.8 Å². The summed E-state index contributed by atoms with van der Waals surface area (Å²) >= 11 is 0. The minimum absolute atomic E-state index is 0.328. The van der Waals surface area contributed by atoms with Gasteiger partial charge in [0.15, 0.2) is 0 Å². The molecule has 0 radical (unpaired) electrons. The highest BCUT2D eigenvalue weighted by Crippen LogP contribution is 2.12. The van der Waals surface area contributed by atoms with Crippen LogP contribution in [0.4, 0.5) is 0 Å². The molecular formula is C20H37N2O2S+. The molecule has 0 atom stereocenters. The summed E-state index contributed by atoms with van der Waals surface area (Å²) in [5.74, 6) is 1.33. The van der Waals surface area contributed by atoms with Crippen molar-refractivity contribution in [2.45, 2.75) is 64.8 Å². The summed E-state index contributed by atoms with van der Waals surface area (Å²) in [6.45, 7) is 15.9. The first-order chi connectivity index (χ1) is 11.5. The highest BCUT2D eigenvalue weighted by atomic mass is 32.2. The lowest BCUT2D eigenvalue weighted by Crippen LogP contribution is -3.14. The Labute approximate surface area is 155 Å². The fourth-order valence-corrected chi connectivity index (χ4v) is 4.40. The number of benzene rings is 1. The molecule has 5 heteroatoms. The molecule has 0 saturated carbocycles. The first-order valence-electron chi connectivity index (χ1n) is 9.44. The summed E-state index contributed by atoms with van der Waals surface area (Å²) in [5, 5.41) is 0. The number of quaternary nitrogens is 1. The predicted molar refractivity (Wildman–Crippen MR) is 105 cm³/mol.